The van der Waals surface area contributed by atoms with Gasteiger partial charge < -0.3 is 5.32 Å². The largest absolute Gasteiger partial charge is 0.416 e. The summed E-state index contributed by atoms with van der Waals surface area (Å²) in [7, 11) is -3.75. The molecule has 0 fully saturated rings. The van der Waals surface area contributed by atoms with Crippen LogP contribution in [0.4, 0.5) is 13.2 Å². The third-order valence-corrected chi connectivity index (χ3v) is 5.41. The molecule has 2 aromatic rings. The third-order valence-electron chi connectivity index (χ3n) is 3.94. The first-order valence-corrected chi connectivity index (χ1v) is 9.98. The molecular formula is C19H17F3N2O3S. The zero-order valence-electron chi connectivity index (χ0n) is 14.8. The molecule has 0 aliphatic rings. The van der Waals surface area contributed by atoms with Crippen LogP contribution in [0.15, 0.2) is 48.5 Å². The number of amides is 1. The van der Waals surface area contributed by atoms with Crippen molar-refractivity contribution >= 4 is 15.7 Å². The van der Waals surface area contributed by atoms with Crippen molar-refractivity contribution in [3.63, 3.8) is 0 Å². The lowest BCUT2D eigenvalue weighted by Gasteiger charge is -2.15. The fraction of sp³-hybridized carbons (Fsp3) is 0.263. The molecule has 9 heteroatoms. The molecule has 0 aliphatic carbocycles. The standard InChI is InChI=1S/C19H17F3N2O3S/c1-13(16-6-8-17(9-7-16)19(20,21)22)24-18(25)12-28(26,27)11-15-4-2-14(10-23)3-5-15/h2-9,13H,11-12H2,1H3,(H,24,25). The minimum Gasteiger partial charge on any atom is -0.349 e. The van der Waals surface area contributed by atoms with E-state index in [0.29, 0.717) is 16.7 Å². The van der Waals surface area contributed by atoms with Gasteiger partial charge in [0.2, 0.25) is 5.91 Å². The molecule has 1 amide bonds. The second-order valence-corrected chi connectivity index (χ2v) is 8.31. The summed E-state index contributed by atoms with van der Waals surface area (Å²) in [5.41, 5.74) is 0.456. The number of carbonyl (C=O) groups is 1. The quantitative estimate of drug-likeness (QED) is 0.791. The maximum Gasteiger partial charge on any atom is 0.416 e. The second kappa shape index (κ2) is 8.44. The van der Waals surface area contributed by atoms with Gasteiger partial charge in [-0.25, -0.2) is 8.42 Å². The Hall–Kier alpha value is -2.86. The fourth-order valence-electron chi connectivity index (χ4n) is 2.51. The van der Waals surface area contributed by atoms with Gasteiger partial charge in [0.15, 0.2) is 9.84 Å². The first kappa shape index (κ1) is 21.4. The summed E-state index contributed by atoms with van der Waals surface area (Å²) in [4.78, 5) is 12.0. The van der Waals surface area contributed by atoms with Crippen molar-refractivity contribution in [3.8, 4) is 6.07 Å². The predicted octanol–water partition coefficient (Wildman–Crippen LogP) is 3.37. The van der Waals surface area contributed by atoms with Crippen molar-refractivity contribution in [2.24, 2.45) is 0 Å². The molecule has 0 radical (unpaired) electrons. The Morgan fingerprint density at radius 3 is 2.18 bits per heavy atom. The van der Waals surface area contributed by atoms with E-state index in [1.165, 1.54) is 36.4 Å². The summed E-state index contributed by atoms with van der Waals surface area (Å²) in [5.74, 6) is -1.86. The second-order valence-electron chi connectivity index (χ2n) is 6.25. The van der Waals surface area contributed by atoms with Gasteiger partial charge >= 0.3 is 6.18 Å². The number of nitrogens with zero attached hydrogens (tertiary/aromatic N) is 1. The number of sulfone groups is 1. The summed E-state index contributed by atoms with van der Waals surface area (Å²) in [6.07, 6.45) is -4.45. The summed E-state index contributed by atoms with van der Waals surface area (Å²) < 4.78 is 62.1. The Bertz CT molecular complexity index is 977. The van der Waals surface area contributed by atoms with Gasteiger partial charge in [0.25, 0.3) is 0 Å². The highest BCUT2D eigenvalue weighted by molar-refractivity contribution is 7.91. The molecule has 0 heterocycles. The number of nitrogens with one attached hydrogen (secondary N) is 1. The molecule has 0 spiro atoms. The fourth-order valence-corrected chi connectivity index (χ4v) is 3.79. The lowest BCUT2D eigenvalue weighted by atomic mass is 10.1. The highest BCUT2D eigenvalue weighted by Gasteiger charge is 2.30. The van der Waals surface area contributed by atoms with Crippen molar-refractivity contribution in [3.05, 3.63) is 70.8 Å². The number of carbonyl (C=O) groups excluding carboxylic acids is 1. The molecule has 148 valence electrons. The van der Waals surface area contributed by atoms with Gasteiger partial charge in [-0.1, -0.05) is 24.3 Å². The number of rotatable bonds is 6. The number of hydrogen-bond acceptors (Lipinski definition) is 4. The van der Waals surface area contributed by atoms with Crippen LogP contribution in [0.25, 0.3) is 0 Å². The average Bonchev–Trinajstić information content (AvgIpc) is 2.60. The van der Waals surface area contributed by atoms with Crippen LogP contribution in [0.1, 0.15) is 35.2 Å². The van der Waals surface area contributed by atoms with E-state index < -0.39 is 39.3 Å². The molecule has 2 rings (SSSR count). The predicted molar refractivity (Wildman–Crippen MR) is 96.6 cm³/mol. The Balaban J connectivity index is 1.97. The zero-order chi connectivity index (χ0) is 20.9. The molecule has 28 heavy (non-hydrogen) atoms. The summed E-state index contributed by atoms with van der Waals surface area (Å²) in [6.45, 7) is 1.55. The lowest BCUT2D eigenvalue weighted by molar-refractivity contribution is -0.137. The minimum absolute atomic E-state index is 0.360. The van der Waals surface area contributed by atoms with Crippen LogP contribution in [0, 0.1) is 11.3 Å². The smallest absolute Gasteiger partial charge is 0.349 e. The number of alkyl halides is 3. The van der Waals surface area contributed by atoms with Gasteiger partial charge in [-0.2, -0.15) is 18.4 Å². The van der Waals surface area contributed by atoms with Crippen molar-refractivity contribution in [1.29, 1.82) is 5.26 Å². The molecule has 0 bridgehead atoms. The minimum atomic E-state index is -4.45. The summed E-state index contributed by atoms with van der Waals surface area (Å²) >= 11 is 0. The van der Waals surface area contributed by atoms with Crippen molar-refractivity contribution in [1.82, 2.24) is 5.32 Å². The molecular weight excluding hydrogens is 393 g/mol. The number of hydrogen-bond donors (Lipinski definition) is 1. The maximum atomic E-state index is 12.6. The van der Waals surface area contributed by atoms with Crippen molar-refractivity contribution in [2.45, 2.75) is 24.9 Å². The highest BCUT2D eigenvalue weighted by Crippen LogP contribution is 2.29. The van der Waals surface area contributed by atoms with Crippen molar-refractivity contribution in [2.75, 3.05) is 5.75 Å². The highest BCUT2D eigenvalue weighted by atomic mass is 32.2. The van der Waals surface area contributed by atoms with Crippen LogP contribution < -0.4 is 5.32 Å². The van der Waals surface area contributed by atoms with E-state index in [1.54, 1.807) is 6.92 Å². The van der Waals surface area contributed by atoms with Crippen LogP contribution in [0.3, 0.4) is 0 Å². The first-order valence-electron chi connectivity index (χ1n) is 8.16. The summed E-state index contributed by atoms with van der Waals surface area (Å²) in [6, 6.07) is 11.5. The Morgan fingerprint density at radius 1 is 1.11 bits per heavy atom. The molecule has 1 N–H and O–H groups in total. The van der Waals surface area contributed by atoms with Crippen LogP contribution in [0.5, 0.6) is 0 Å². The van der Waals surface area contributed by atoms with Crippen LogP contribution in [-0.2, 0) is 26.6 Å². The van der Waals surface area contributed by atoms with Gasteiger partial charge in [0, 0.05) is 0 Å². The molecule has 2 aromatic carbocycles. The third kappa shape index (κ3) is 6.09. The number of nitriles is 1. The van der Waals surface area contributed by atoms with Gasteiger partial charge in [0.1, 0.15) is 5.75 Å². The Kier molecular flexibility index (Phi) is 6.46. The topological polar surface area (TPSA) is 87.0 Å². The molecule has 0 saturated carbocycles. The van der Waals surface area contributed by atoms with E-state index in [2.05, 4.69) is 5.32 Å². The molecule has 5 nitrogen and oxygen atoms in total. The maximum absolute atomic E-state index is 12.6. The molecule has 1 atom stereocenters. The van der Waals surface area contributed by atoms with E-state index in [4.69, 9.17) is 5.26 Å². The van der Waals surface area contributed by atoms with Gasteiger partial charge in [-0.05, 0) is 42.3 Å². The Morgan fingerprint density at radius 2 is 1.68 bits per heavy atom. The molecule has 0 saturated heterocycles. The first-order chi connectivity index (χ1) is 13.0. The van der Waals surface area contributed by atoms with E-state index in [0.717, 1.165) is 12.1 Å². The summed E-state index contributed by atoms with van der Waals surface area (Å²) in [5, 5.41) is 11.2. The molecule has 0 aliphatic heterocycles. The lowest BCUT2D eigenvalue weighted by Crippen LogP contribution is -2.32. The zero-order valence-corrected chi connectivity index (χ0v) is 15.6. The van der Waals surface area contributed by atoms with E-state index in [9.17, 15) is 26.4 Å². The normalized spacial score (nSPS) is 12.8. The van der Waals surface area contributed by atoms with Crippen LogP contribution in [0.2, 0.25) is 0 Å². The number of halogens is 3. The molecule has 0 aromatic heterocycles. The van der Waals surface area contributed by atoms with Gasteiger partial charge in [0.05, 0.1) is 29.0 Å². The van der Waals surface area contributed by atoms with Crippen molar-refractivity contribution < 1.29 is 26.4 Å². The van der Waals surface area contributed by atoms with Crippen LogP contribution >= 0.6 is 0 Å². The Labute approximate surface area is 160 Å². The monoisotopic (exact) mass is 410 g/mol. The van der Waals surface area contributed by atoms with E-state index in [-0.39, 0.29) is 5.75 Å². The van der Waals surface area contributed by atoms with Gasteiger partial charge in [-0.15, -0.1) is 0 Å². The van der Waals surface area contributed by atoms with Crippen LogP contribution in [-0.4, -0.2) is 20.1 Å². The number of benzene rings is 2. The van der Waals surface area contributed by atoms with E-state index in [1.807, 2.05) is 6.07 Å². The van der Waals surface area contributed by atoms with E-state index >= 15 is 0 Å². The SMILES string of the molecule is CC(NC(=O)CS(=O)(=O)Cc1ccc(C#N)cc1)c1ccc(C(F)(F)F)cc1. The van der Waals surface area contributed by atoms with Gasteiger partial charge in [-0.3, -0.25) is 4.79 Å². The molecule has 1 unspecified atom stereocenters. The average molecular weight is 410 g/mol.